The second-order valence-electron chi connectivity index (χ2n) is 5.50. The van der Waals surface area contributed by atoms with Gasteiger partial charge < -0.3 is 20.1 Å². The number of carbonyl (C=O) groups excluding carboxylic acids is 1. The highest BCUT2D eigenvalue weighted by Crippen LogP contribution is 2.27. The molecule has 1 amide bonds. The van der Waals surface area contributed by atoms with Crippen molar-refractivity contribution >= 4 is 11.8 Å². The number of hydrogen-bond donors (Lipinski definition) is 2. The summed E-state index contributed by atoms with van der Waals surface area (Å²) in [6, 6.07) is 7.74. The van der Waals surface area contributed by atoms with Crippen LogP contribution < -0.4 is 15.4 Å². The zero-order chi connectivity index (χ0) is 13.9. The van der Waals surface area contributed by atoms with Crippen LogP contribution in [0.4, 0.5) is 10.5 Å². The monoisotopic (exact) mass is 264 g/mol. The lowest BCUT2D eigenvalue weighted by atomic mass is 10.2. The minimum absolute atomic E-state index is 0.0950. The second kappa shape index (κ2) is 5.38. The molecule has 0 radical (unpaired) electrons. The zero-order valence-corrected chi connectivity index (χ0v) is 11.5. The molecule has 1 heterocycles. The van der Waals surface area contributed by atoms with E-state index in [1.54, 1.807) is 0 Å². The Kier molecular flexibility index (Phi) is 3.83. The van der Waals surface area contributed by atoms with Gasteiger partial charge in [-0.3, -0.25) is 0 Å². The molecule has 0 fully saturated rings. The highest BCUT2D eigenvalue weighted by molar-refractivity contribution is 5.67. The van der Waals surface area contributed by atoms with E-state index in [0.29, 0.717) is 13.1 Å². The summed E-state index contributed by atoms with van der Waals surface area (Å²) < 4.78 is 11.0. The number of amides is 1. The molecule has 1 aliphatic rings. The SMILES string of the molecule is CC(C)(C)OC(=O)NCC1CNc2ccccc2O1. The van der Waals surface area contributed by atoms with Crippen LogP contribution in [0.25, 0.3) is 0 Å². The summed E-state index contributed by atoms with van der Waals surface area (Å²) in [7, 11) is 0. The van der Waals surface area contributed by atoms with Crippen LogP contribution in [-0.4, -0.2) is 30.9 Å². The lowest BCUT2D eigenvalue weighted by molar-refractivity contribution is 0.0502. The van der Waals surface area contributed by atoms with Gasteiger partial charge in [0.05, 0.1) is 18.8 Å². The number of hydrogen-bond acceptors (Lipinski definition) is 4. The van der Waals surface area contributed by atoms with Crippen molar-refractivity contribution in [3.05, 3.63) is 24.3 Å². The molecule has 0 saturated heterocycles. The maximum atomic E-state index is 11.5. The average Bonchev–Trinajstić information content (AvgIpc) is 2.34. The molecule has 5 heteroatoms. The van der Waals surface area contributed by atoms with Crippen molar-refractivity contribution in [1.29, 1.82) is 0 Å². The maximum absolute atomic E-state index is 11.5. The topological polar surface area (TPSA) is 59.6 Å². The lowest BCUT2D eigenvalue weighted by Gasteiger charge is -2.28. The first kappa shape index (κ1) is 13.5. The molecule has 0 aliphatic carbocycles. The van der Waals surface area contributed by atoms with E-state index in [0.717, 1.165) is 11.4 Å². The third kappa shape index (κ3) is 4.05. The lowest BCUT2D eigenvalue weighted by Crippen LogP contribution is -2.43. The fraction of sp³-hybridized carbons (Fsp3) is 0.500. The molecule has 1 atom stereocenters. The molecule has 0 bridgehead atoms. The van der Waals surface area contributed by atoms with Crippen molar-refractivity contribution < 1.29 is 14.3 Å². The Morgan fingerprint density at radius 3 is 2.95 bits per heavy atom. The van der Waals surface area contributed by atoms with Gasteiger partial charge in [0.25, 0.3) is 0 Å². The first-order chi connectivity index (χ1) is 8.94. The van der Waals surface area contributed by atoms with Gasteiger partial charge in [0, 0.05) is 0 Å². The number of ether oxygens (including phenoxy) is 2. The number of fused-ring (bicyclic) bond motifs is 1. The number of anilines is 1. The van der Waals surface area contributed by atoms with Gasteiger partial charge in [-0.15, -0.1) is 0 Å². The van der Waals surface area contributed by atoms with E-state index < -0.39 is 11.7 Å². The van der Waals surface area contributed by atoms with Crippen molar-refractivity contribution in [2.45, 2.75) is 32.5 Å². The number of benzene rings is 1. The Hall–Kier alpha value is -1.91. The smallest absolute Gasteiger partial charge is 0.407 e. The number of rotatable bonds is 2. The first-order valence-corrected chi connectivity index (χ1v) is 6.40. The van der Waals surface area contributed by atoms with Crippen molar-refractivity contribution in [3.63, 3.8) is 0 Å². The summed E-state index contributed by atoms with van der Waals surface area (Å²) in [6.07, 6.45) is -0.516. The summed E-state index contributed by atoms with van der Waals surface area (Å²) in [5.41, 5.74) is 0.499. The van der Waals surface area contributed by atoms with Gasteiger partial charge in [-0.05, 0) is 32.9 Å². The highest BCUT2D eigenvalue weighted by Gasteiger charge is 2.21. The van der Waals surface area contributed by atoms with E-state index in [-0.39, 0.29) is 6.10 Å². The highest BCUT2D eigenvalue weighted by atomic mass is 16.6. The van der Waals surface area contributed by atoms with Crippen LogP contribution in [0.3, 0.4) is 0 Å². The number of nitrogens with one attached hydrogen (secondary N) is 2. The summed E-state index contributed by atoms with van der Waals surface area (Å²) in [4.78, 5) is 11.5. The van der Waals surface area contributed by atoms with Gasteiger partial charge in [0.15, 0.2) is 0 Å². The Balaban J connectivity index is 1.81. The Morgan fingerprint density at radius 2 is 2.21 bits per heavy atom. The second-order valence-corrected chi connectivity index (χ2v) is 5.50. The van der Waals surface area contributed by atoms with Gasteiger partial charge in [-0.1, -0.05) is 12.1 Å². The van der Waals surface area contributed by atoms with E-state index in [2.05, 4.69) is 10.6 Å². The van der Waals surface area contributed by atoms with Crippen molar-refractivity contribution in [1.82, 2.24) is 5.32 Å². The van der Waals surface area contributed by atoms with Crippen LogP contribution in [0.1, 0.15) is 20.8 Å². The molecule has 1 aliphatic heterocycles. The third-order valence-corrected chi connectivity index (χ3v) is 2.57. The zero-order valence-electron chi connectivity index (χ0n) is 11.5. The molecule has 1 aromatic carbocycles. The van der Waals surface area contributed by atoms with E-state index in [4.69, 9.17) is 9.47 Å². The van der Waals surface area contributed by atoms with Gasteiger partial charge in [-0.25, -0.2) is 4.79 Å². The normalized spacial score (nSPS) is 17.7. The Labute approximate surface area is 113 Å². The van der Waals surface area contributed by atoms with Crippen molar-refractivity contribution in [2.24, 2.45) is 0 Å². The summed E-state index contributed by atoms with van der Waals surface area (Å²) in [5, 5.41) is 5.98. The summed E-state index contributed by atoms with van der Waals surface area (Å²) >= 11 is 0. The van der Waals surface area contributed by atoms with E-state index >= 15 is 0 Å². The van der Waals surface area contributed by atoms with E-state index in [1.165, 1.54) is 0 Å². The third-order valence-electron chi connectivity index (χ3n) is 2.57. The predicted molar refractivity (Wildman–Crippen MR) is 73.6 cm³/mol. The molecule has 1 aromatic rings. The van der Waals surface area contributed by atoms with Gasteiger partial charge in [-0.2, -0.15) is 0 Å². The predicted octanol–water partition coefficient (Wildman–Crippen LogP) is 2.38. The van der Waals surface area contributed by atoms with Crippen LogP contribution >= 0.6 is 0 Å². The van der Waals surface area contributed by atoms with E-state index in [1.807, 2.05) is 45.0 Å². The van der Waals surface area contributed by atoms with Gasteiger partial charge in [0.1, 0.15) is 17.5 Å². The molecule has 5 nitrogen and oxygen atoms in total. The van der Waals surface area contributed by atoms with Crippen LogP contribution in [-0.2, 0) is 4.74 Å². The molecule has 0 aromatic heterocycles. The number of para-hydroxylation sites is 2. The molecular weight excluding hydrogens is 244 g/mol. The van der Waals surface area contributed by atoms with E-state index in [9.17, 15) is 4.79 Å². The molecular formula is C14H20N2O3. The van der Waals surface area contributed by atoms with Crippen molar-refractivity contribution in [2.75, 3.05) is 18.4 Å². The molecule has 0 spiro atoms. The molecule has 1 unspecified atom stereocenters. The van der Waals surface area contributed by atoms with Gasteiger partial charge >= 0.3 is 6.09 Å². The number of carbonyl (C=O) groups is 1. The quantitative estimate of drug-likeness (QED) is 0.861. The fourth-order valence-electron chi connectivity index (χ4n) is 1.79. The van der Waals surface area contributed by atoms with Crippen LogP contribution in [0.2, 0.25) is 0 Å². The molecule has 0 saturated carbocycles. The Morgan fingerprint density at radius 1 is 1.47 bits per heavy atom. The molecule has 19 heavy (non-hydrogen) atoms. The van der Waals surface area contributed by atoms with Gasteiger partial charge in [0.2, 0.25) is 0 Å². The maximum Gasteiger partial charge on any atom is 0.407 e. The standard InChI is InChI=1S/C14H20N2O3/c1-14(2,3)19-13(17)16-9-10-8-15-11-6-4-5-7-12(11)18-10/h4-7,10,15H,8-9H2,1-3H3,(H,16,17). The van der Waals surface area contributed by atoms with Crippen LogP contribution in [0, 0.1) is 0 Å². The van der Waals surface area contributed by atoms with Crippen LogP contribution in [0.15, 0.2) is 24.3 Å². The number of alkyl carbamates (subject to hydrolysis) is 1. The summed E-state index contributed by atoms with van der Waals surface area (Å²) in [6.45, 7) is 6.58. The average molecular weight is 264 g/mol. The molecule has 2 N–H and O–H groups in total. The largest absolute Gasteiger partial charge is 0.485 e. The van der Waals surface area contributed by atoms with Crippen LogP contribution in [0.5, 0.6) is 5.75 Å². The summed E-state index contributed by atoms with van der Waals surface area (Å²) in [5.74, 6) is 0.810. The molecule has 104 valence electrons. The first-order valence-electron chi connectivity index (χ1n) is 6.40. The van der Waals surface area contributed by atoms with Crippen molar-refractivity contribution in [3.8, 4) is 5.75 Å². The fourth-order valence-corrected chi connectivity index (χ4v) is 1.79. The molecule has 2 rings (SSSR count). The minimum atomic E-state index is -0.484. The minimum Gasteiger partial charge on any atom is -0.485 e. The Bertz CT molecular complexity index is 454.